The van der Waals surface area contributed by atoms with Gasteiger partial charge in [0.2, 0.25) is 10.2 Å². The zero-order chi connectivity index (χ0) is 28.8. The summed E-state index contributed by atoms with van der Waals surface area (Å²) < 4.78 is 1.84. The average Bonchev–Trinajstić information content (AvgIpc) is 3.62. The summed E-state index contributed by atoms with van der Waals surface area (Å²) in [5, 5.41) is 21.2. The van der Waals surface area contributed by atoms with Crippen molar-refractivity contribution >= 4 is 46.1 Å². The van der Waals surface area contributed by atoms with E-state index in [2.05, 4.69) is 22.0 Å². The normalized spacial score (nSPS) is 11.5. The predicted molar refractivity (Wildman–Crippen MR) is 167 cm³/mol. The summed E-state index contributed by atoms with van der Waals surface area (Å²) in [6.07, 6.45) is 3.59. The maximum atomic E-state index is 11.0. The van der Waals surface area contributed by atoms with Gasteiger partial charge in [0.15, 0.2) is 0 Å². The second-order valence-electron chi connectivity index (χ2n) is 8.73. The van der Waals surface area contributed by atoms with E-state index in [-0.39, 0.29) is 10.8 Å². The van der Waals surface area contributed by atoms with Crippen molar-refractivity contribution in [1.29, 1.82) is 0 Å². The van der Waals surface area contributed by atoms with Gasteiger partial charge in [-0.1, -0.05) is 78.1 Å². The highest BCUT2D eigenvalue weighted by molar-refractivity contribution is 7.80. The fourth-order valence-electron chi connectivity index (χ4n) is 3.99. The molecule has 0 saturated heterocycles. The number of thiocarbonyl (C=S) groups is 1. The summed E-state index contributed by atoms with van der Waals surface area (Å²) in [4.78, 5) is 16.2. The lowest BCUT2D eigenvalue weighted by Crippen LogP contribution is -2.37. The molecule has 0 aliphatic carbocycles. The molecule has 2 aromatic heterocycles. The number of nitro groups is 1. The minimum Gasteiger partial charge on any atom is -0.300 e. The number of nitrogens with two attached hydrogens (primary N) is 1. The quantitative estimate of drug-likeness (QED) is 0.0706. The number of hydrazine groups is 1. The number of nitro benzene ring substituents is 1. The first kappa shape index (κ1) is 27.5. The maximum absolute atomic E-state index is 11.0. The van der Waals surface area contributed by atoms with Gasteiger partial charge >= 0.3 is 0 Å². The van der Waals surface area contributed by atoms with Gasteiger partial charge in [-0.15, -0.1) is 0 Å². The molecule has 4 N–H and O–H groups in total. The molecule has 10 nitrogen and oxygen atoms in total. The van der Waals surface area contributed by atoms with Crippen molar-refractivity contribution in [2.75, 3.05) is 0 Å². The molecule has 3 aromatic carbocycles. The SMILES string of the molecule is Cc1nc(-n2nc(-c3ccccc3)cc2-c2ccccc2)sc1C(/C=C\c1ccc([N+](=O)[O-])cc1)=N\NC(=S)NN. The number of hydrogen-bond donors (Lipinski definition) is 3. The molecule has 0 unspecified atom stereocenters. The van der Waals surface area contributed by atoms with E-state index in [1.807, 2.05) is 72.3 Å². The highest BCUT2D eigenvalue weighted by Gasteiger charge is 2.19. The van der Waals surface area contributed by atoms with Crippen LogP contribution in [0.25, 0.3) is 33.7 Å². The molecule has 0 atom stereocenters. The van der Waals surface area contributed by atoms with Gasteiger partial charge in [0.05, 0.1) is 26.9 Å². The molecule has 41 heavy (non-hydrogen) atoms. The van der Waals surface area contributed by atoms with Crippen molar-refractivity contribution in [3.8, 4) is 27.6 Å². The van der Waals surface area contributed by atoms with Gasteiger partial charge in [-0.3, -0.25) is 21.0 Å². The Kier molecular flexibility index (Phi) is 8.34. The summed E-state index contributed by atoms with van der Waals surface area (Å²) in [5.41, 5.74) is 10.9. The summed E-state index contributed by atoms with van der Waals surface area (Å²) in [6.45, 7) is 1.90. The van der Waals surface area contributed by atoms with Gasteiger partial charge in [0.25, 0.3) is 5.69 Å². The van der Waals surface area contributed by atoms with E-state index in [0.29, 0.717) is 10.8 Å². The van der Waals surface area contributed by atoms with Crippen LogP contribution in [0.3, 0.4) is 0 Å². The van der Waals surface area contributed by atoms with E-state index < -0.39 is 4.92 Å². The Labute approximate surface area is 245 Å². The number of aromatic nitrogens is 3. The molecule has 0 spiro atoms. The summed E-state index contributed by atoms with van der Waals surface area (Å²) >= 11 is 6.53. The summed E-state index contributed by atoms with van der Waals surface area (Å²) in [7, 11) is 0. The van der Waals surface area contributed by atoms with Gasteiger partial charge in [-0.25, -0.2) is 15.5 Å². The minimum absolute atomic E-state index is 0.0170. The fraction of sp³-hybridized carbons (Fsp3) is 0.0345. The third-order valence-electron chi connectivity index (χ3n) is 5.99. The molecule has 204 valence electrons. The van der Waals surface area contributed by atoms with Gasteiger partial charge < -0.3 is 0 Å². The number of allylic oxidation sites excluding steroid dienone is 1. The molecule has 0 aliphatic heterocycles. The lowest BCUT2D eigenvalue weighted by atomic mass is 10.1. The Bertz CT molecular complexity index is 1740. The molecule has 0 aliphatic rings. The summed E-state index contributed by atoms with van der Waals surface area (Å²) in [5.74, 6) is 5.42. The van der Waals surface area contributed by atoms with E-state index in [4.69, 9.17) is 28.1 Å². The molecule has 12 heteroatoms. The van der Waals surface area contributed by atoms with Crippen LogP contribution < -0.4 is 16.7 Å². The smallest absolute Gasteiger partial charge is 0.269 e. The van der Waals surface area contributed by atoms with Crippen molar-refractivity contribution in [2.45, 2.75) is 6.92 Å². The number of non-ortho nitro benzene ring substituents is 1. The van der Waals surface area contributed by atoms with Crippen molar-refractivity contribution in [2.24, 2.45) is 10.9 Å². The average molecular weight is 581 g/mol. The lowest BCUT2D eigenvalue weighted by Gasteiger charge is -2.04. The van der Waals surface area contributed by atoms with Gasteiger partial charge in [0.1, 0.15) is 5.71 Å². The molecule has 0 radical (unpaired) electrons. The molecule has 5 rings (SSSR count). The van der Waals surface area contributed by atoms with Crippen LogP contribution in [0.4, 0.5) is 5.69 Å². The number of rotatable bonds is 8. The number of aryl methyl sites for hydroxylation is 1. The van der Waals surface area contributed by atoms with Gasteiger partial charge in [-0.05, 0) is 49.0 Å². The zero-order valence-electron chi connectivity index (χ0n) is 21.8. The summed E-state index contributed by atoms with van der Waals surface area (Å²) in [6, 6.07) is 28.3. The fourth-order valence-corrected chi connectivity index (χ4v) is 5.04. The van der Waals surface area contributed by atoms with Crippen LogP contribution in [0.2, 0.25) is 0 Å². The highest BCUT2D eigenvalue weighted by atomic mass is 32.1. The van der Waals surface area contributed by atoms with E-state index in [1.54, 1.807) is 24.3 Å². The predicted octanol–water partition coefficient (Wildman–Crippen LogP) is 5.63. The molecule has 0 saturated carbocycles. The van der Waals surface area contributed by atoms with Crippen LogP contribution >= 0.6 is 23.6 Å². The topological polar surface area (TPSA) is 136 Å². The monoisotopic (exact) mass is 580 g/mol. The number of thiazole rings is 1. The Morgan fingerprint density at radius 2 is 1.71 bits per heavy atom. The van der Waals surface area contributed by atoms with Gasteiger partial charge in [0, 0.05) is 23.3 Å². The molecule has 0 bridgehead atoms. The maximum Gasteiger partial charge on any atom is 0.269 e. The molecular formula is C29H24N8O2S2. The first-order valence-electron chi connectivity index (χ1n) is 12.4. The number of hydrazone groups is 1. The second-order valence-corrected chi connectivity index (χ2v) is 10.1. The van der Waals surface area contributed by atoms with Crippen molar-refractivity contribution in [1.82, 2.24) is 25.6 Å². The third-order valence-corrected chi connectivity index (χ3v) is 7.36. The minimum atomic E-state index is -0.435. The number of hydrogen-bond acceptors (Lipinski definition) is 8. The first-order chi connectivity index (χ1) is 19.9. The van der Waals surface area contributed by atoms with Crippen LogP contribution in [0.15, 0.2) is 102 Å². The zero-order valence-corrected chi connectivity index (χ0v) is 23.4. The largest absolute Gasteiger partial charge is 0.300 e. The Morgan fingerprint density at radius 3 is 2.34 bits per heavy atom. The Morgan fingerprint density at radius 1 is 1.05 bits per heavy atom. The van der Waals surface area contributed by atoms with Crippen molar-refractivity contribution in [3.05, 3.63) is 123 Å². The Balaban J connectivity index is 1.56. The van der Waals surface area contributed by atoms with E-state index in [1.165, 1.54) is 23.5 Å². The van der Waals surface area contributed by atoms with Crippen LogP contribution in [-0.2, 0) is 0 Å². The van der Waals surface area contributed by atoms with Crippen LogP contribution in [0, 0.1) is 17.0 Å². The Hall–Kier alpha value is -5.04. The molecule has 5 aromatic rings. The van der Waals surface area contributed by atoms with Crippen molar-refractivity contribution < 1.29 is 4.92 Å². The highest BCUT2D eigenvalue weighted by Crippen LogP contribution is 2.31. The lowest BCUT2D eigenvalue weighted by molar-refractivity contribution is -0.384. The second kappa shape index (κ2) is 12.4. The first-order valence-corrected chi connectivity index (χ1v) is 13.6. The molecule has 2 heterocycles. The number of nitrogens with zero attached hydrogens (tertiary/aromatic N) is 5. The standard InChI is InChI=1S/C29H24N8O2S2/c1-19-27(24(33-34-28(40)32-30)17-14-20-12-15-23(16-13-20)37(38)39)41-29(31-19)36-26(22-10-6-3-7-11-22)18-25(35-36)21-8-4-2-5-9-21/h2-18H,30H2,1H3,(H2,32,34,40)/b17-14-,33-24-. The molecule has 0 fully saturated rings. The molecular weight excluding hydrogens is 557 g/mol. The van der Waals surface area contributed by atoms with E-state index >= 15 is 0 Å². The van der Waals surface area contributed by atoms with E-state index in [0.717, 1.165) is 38.6 Å². The van der Waals surface area contributed by atoms with Crippen LogP contribution in [0.1, 0.15) is 16.1 Å². The van der Waals surface area contributed by atoms with E-state index in [9.17, 15) is 10.1 Å². The van der Waals surface area contributed by atoms with Crippen molar-refractivity contribution in [3.63, 3.8) is 0 Å². The van der Waals surface area contributed by atoms with Gasteiger partial charge in [-0.2, -0.15) is 10.2 Å². The van der Waals surface area contributed by atoms with Crippen LogP contribution in [-0.4, -0.2) is 30.5 Å². The number of nitrogens with one attached hydrogen (secondary N) is 2. The van der Waals surface area contributed by atoms with Crippen LogP contribution in [0.5, 0.6) is 0 Å². The third kappa shape index (κ3) is 6.41. The molecule has 0 amide bonds. The number of benzene rings is 3.